The lowest BCUT2D eigenvalue weighted by atomic mass is 10.1. The lowest BCUT2D eigenvalue weighted by molar-refractivity contribution is 0.109. The molecule has 0 aliphatic rings. The normalized spacial score (nSPS) is 14.4. The minimum Gasteiger partial charge on any atom is -0.391 e. The fraction of sp³-hybridized carbons (Fsp3) is 0.882. The van der Waals surface area contributed by atoms with E-state index >= 15 is 0 Å². The SMILES string of the molecule is C=C[Si](C)(OCCCCCCC)OC(CCC)CCC. The monoisotopic (exact) mass is 300 g/mol. The zero-order valence-electron chi connectivity index (χ0n) is 14.2. The summed E-state index contributed by atoms with van der Waals surface area (Å²) in [4.78, 5) is 0. The molecule has 0 fully saturated rings. The molecule has 3 heteroatoms. The first kappa shape index (κ1) is 19.9. The van der Waals surface area contributed by atoms with E-state index in [1.807, 2.05) is 5.70 Å². The van der Waals surface area contributed by atoms with Gasteiger partial charge in [0.15, 0.2) is 0 Å². The number of rotatable bonds is 14. The number of hydrogen-bond acceptors (Lipinski definition) is 2. The summed E-state index contributed by atoms with van der Waals surface area (Å²) in [5, 5.41) is 0. The average Bonchev–Trinajstić information content (AvgIpc) is 2.43. The molecule has 1 atom stereocenters. The largest absolute Gasteiger partial charge is 0.391 e. The molecule has 0 aromatic rings. The number of unbranched alkanes of at least 4 members (excludes halogenated alkanes) is 4. The summed E-state index contributed by atoms with van der Waals surface area (Å²) in [5.41, 5.74) is 1.94. The second kappa shape index (κ2) is 12.6. The molecule has 120 valence electrons. The van der Waals surface area contributed by atoms with Crippen LogP contribution in [0.2, 0.25) is 6.55 Å². The summed E-state index contributed by atoms with van der Waals surface area (Å²) in [6.45, 7) is 13.6. The molecule has 1 unspecified atom stereocenters. The van der Waals surface area contributed by atoms with Gasteiger partial charge in [-0.3, -0.25) is 0 Å². The molecule has 0 saturated carbocycles. The Morgan fingerprint density at radius 1 is 0.950 bits per heavy atom. The summed E-state index contributed by atoms with van der Waals surface area (Å²) < 4.78 is 12.4. The van der Waals surface area contributed by atoms with Gasteiger partial charge in [-0.05, 0) is 31.5 Å². The van der Waals surface area contributed by atoms with Crippen LogP contribution in [0.5, 0.6) is 0 Å². The topological polar surface area (TPSA) is 18.5 Å². The van der Waals surface area contributed by atoms with E-state index in [2.05, 4.69) is 33.9 Å². The zero-order valence-corrected chi connectivity index (χ0v) is 15.2. The lowest BCUT2D eigenvalue weighted by Gasteiger charge is -2.29. The Morgan fingerprint density at radius 3 is 2.05 bits per heavy atom. The highest BCUT2D eigenvalue weighted by Gasteiger charge is 2.30. The smallest absolute Gasteiger partial charge is 0.361 e. The highest BCUT2D eigenvalue weighted by Crippen LogP contribution is 2.19. The molecule has 20 heavy (non-hydrogen) atoms. The molecule has 0 aromatic heterocycles. The van der Waals surface area contributed by atoms with Crippen molar-refractivity contribution in [3.63, 3.8) is 0 Å². The zero-order chi connectivity index (χ0) is 15.3. The molecule has 0 spiro atoms. The van der Waals surface area contributed by atoms with Gasteiger partial charge >= 0.3 is 8.56 Å². The maximum absolute atomic E-state index is 6.29. The molecule has 0 radical (unpaired) electrons. The third kappa shape index (κ3) is 9.73. The van der Waals surface area contributed by atoms with E-state index in [4.69, 9.17) is 8.85 Å². The van der Waals surface area contributed by atoms with Crippen LogP contribution in [0.4, 0.5) is 0 Å². The van der Waals surface area contributed by atoms with Crippen LogP contribution in [0.15, 0.2) is 12.3 Å². The Balaban J connectivity index is 4.06. The maximum atomic E-state index is 6.29. The van der Waals surface area contributed by atoms with Gasteiger partial charge in [-0.2, -0.15) is 0 Å². The summed E-state index contributed by atoms with van der Waals surface area (Å²) >= 11 is 0. The standard InChI is InChI=1S/C17H36O2Si/c1-6-10-11-12-13-16-18-20(5,9-4)19-17(14-7-2)15-8-3/h9,17H,4,6-8,10-16H2,1-3,5H3. The molecule has 0 saturated heterocycles. The van der Waals surface area contributed by atoms with Crippen molar-refractivity contribution in [2.75, 3.05) is 6.61 Å². The Labute approximate surface area is 128 Å². The summed E-state index contributed by atoms with van der Waals surface area (Å²) in [5.74, 6) is 0. The molecule has 0 aliphatic heterocycles. The van der Waals surface area contributed by atoms with Gasteiger partial charge in [0.05, 0.1) is 0 Å². The van der Waals surface area contributed by atoms with Crippen molar-refractivity contribution >= 4 is 8.56 Å². The van der Waals surface area contributed by atoms with Gasteiger partial charge in [-0.15, -0.1) is 6.58 Å². The third-order valence-electron chi connectivity index (χ3n) is 3.63. The van der Waals surface area contributed by atoms with Crippen LogP contribution in [0.1, 0.15) is 78.6 Å². The molecule has 0 rings (SSSR count). The van der Waals surface area contributed by atoms with Gasteiger partial charge in [0.2, 0.25) is 0 Å². The highest BCUT2D eigenvalue weighted by molar-refractivity contribution is 6.71. The Kier molecular flexibility index (Phi) is 12.5. The Bertz CT molecular complexity index is 227. The van der Waals surface area contributed by atoms with Crippen molar-refractivity contribution < 1.29 is 8.85 Å². The molecule has 0 aliphatic carbocycles. The Morgan fingerprint density at radius 2 is 1.55 bits per heavy atom. The first-order chi connectivity index (χ1) is 9.61. The van der Waals surface area contributed by atoms with Crippen LogP contribution < -0.4 is 0 Å². The Hall–Kier alpha value is -0.123. The van der Waals surface area contributed by atoms with Gasteiger partial charge < -0.3 is 8.85 Å². The maximum Gasteiger partial charge on any atom is 0.361 e. The summed E-state index contributed by atoms with van der Waals surface area (Å²) in [6.07, 6.45) is 11.3. The van der Waals surface area contributed by atoms with E-state index in [1.165, 1.54) is 38.5 Å². The van der Waals surface area contributed by atoms with Gasteiger partial charge in [0, 0.05) is 12.7 Å². The van der Waals surface area contributed by atoms with Crippen LogP contribution in [0.25, 0.3) is 0 Å². The first-order valence-corrected chi connectivity index (χ1v) is 11.0. The lowest BCUT2D eigenvalue weighted by Crippen LogP contribution is -2.41. The molecule has 2 nitrogen and oxygen atoms in total. The van der Waals surface area contributed by atoms with E-state index < -0.39 is 8.56 Å². The van der Waals surface area contributed by atoms with Gasteiger partial charge in [0.1, 0.15) is 0 Å². The van der Waals surface area contributed by atoms with Crippen molar-refractivity contribution in [3.8, 4) is 0 Å². The average molecular weight is 301 g/mol. The molecule has 0 bridgehead atoms. The van der Waals surface area contributed by atoms with Crippen LogP contribution in [0.3, 0.4) is 0 Å². The van der Waals surface area contributed by atoms with Crippen molar-refractivity contribution in [2.24, 2.45) is 0 Å². The molecule has 0 heterocycles. The molecular formula is C17H36O2Si. The molecular weight excluding hydrogens is 264 g/mol. The van der Waals surface area contributed by atoms with E-state index in [0.717, 1.165) is 25.9 Å². The van der Waals surface area contributed by atoms with E-state index in [0.29, 0.717) is 6.10 Å². The van der Waals surface area contributed by atoms with Crippen molar-refractivity contribution in [2.45, 2.75) is 91.2 Å². The van der Waals surface area contributed by atoms with Gasteiger partial charge in [0.25, 0.3) is 0 Å². The van der Waals surface area contributed by atoms with Crippen LogP contribution in [-0.2, 0) is 8.85 Å². The fourth-order valence-corrected chi connectivity index (χ4v) is 4.09. The highest BCUT2D eigenvalue weighted by atomic mass is 28.4. The second-order valence-corrected chi connectivity index (χ2v) is 8.76. The summed E-state index contributed by atoms with van der Waals surface area (Å²) in [6, 6.07) is 0. The minimum atomic E-state index is -2.17. The quantitative estimate of drug-likeness (QED) is 0.300. The second-order valence-electron chi connectivity index (χ2n) is 5.80. The van der Waals surface area contributed by atoms with Crippen molar-refractivity contribution in [1.82, 2.24) is 0 Å². The fourth-order valence-electron chi connectivity index (χ4n) is 2.36. The minimum absolute atomic E-state index is 0.347. The van der Waals surface area contributed by atoms with Crippen LogP contribution in [-0.4, -0.2) is 21.3 Å². The van der Waals surface area contributed by atoms with E-state index in [9.17, 15) is 0 Å². The van der Waals surface area contributed by atoms with Gasteiger partial charge in [-0.25, -0.2) is 0 Å². The molecule has 0 aromatic carbocycles. The van der Waals surface area contributed by atoms with Crippen LogP contribution in [0, 0.1) is 0 Å². The van der Waals surface area contributed by atoms with Gasteiger partial charge in [-0.1, -0.05) is 59.3 Å². The summed E-state index contributed by atoms with van der Waals surface area (Å²) in [7, 11) is -2.17. The molecule has 0 amide bonds. The van der Waals surface area contributed by atoms with E-state index in [-0.39, 0.29) is 0 Å². The van der Waals surface area contributed by atoms with Crippen LogP contribution >= 0.6 is 0 Å². The number of hydrogen-bond donors (Lipinski definition) is 0. The van der Waals surface area contributed by atoms with Crippen molar-refractivity contribution in [3.05, 3.63) is 12.3 Å². The first-order valence-electron chi connectivity index (χ1n) is 8.57. The predicted molar refractivity (Wildman–Crippen MR) is 91.2 cm³/mol. The third-order valence-corrected chi connectivity index (χ3v) is 5.95. The van der Waals surface area contributed by atoms with Crippen molar-refractivity contribution in [1.29, 1.82) is 0 Å². The van der Waals surface area contributed by atoms with E-state index in [1.54, 1.807) is 0 Å². The molecule has 0 N–H and O–H groups in total. The predicted octanol–water partition coefficient (Wildman–Crippen LogP) is 5.76.